The van der Waals surface area contributed by atoms with E-state index in [2.05, 4.69) is 12.2 Å². The second-order valence-electron chi connectivity index (χ2n) is 5.95. The molecule has 4 nitrogen and oxygen atoms in total. The molecule has 1 unspecified atom stereocenters. The number of sulfonamides is 1. The molecule has 0 heterocycles. The highest BCUT2D eigenvalue weighted by molar-refractivity contribution is 7.89. The molecule has 1 fully saturated rings. The van der Waals surface area contributed by atoms with Crippen LogP contribution in [0.25, 0.3) is 0 Å². The smallest absolute Gasteiger partial charge is 0.218 e. The molecule has 1 N–H and O–H groups in total. The molecule has 1 aliphatic carbocycles. The molecule has 5 heteroatoms. The van der Waals surface area contributed by atoms with Gasteiger partial charge in [0, 0.05) is 25.2 Å². The average molecular weight is 290 g/mol. The van der Waals surface area contributed by atoms with E-state index in [1.807, 2.05) is 20.8 Å². The molecule has 1 rings (SSSR count). The summed E-state index contributed by atoms with van der Waals surface area (Å²) < 4.78 is 26.9. The number of hydrogen-bond donors (Lipinski definition) is 1. The maximum absolute atomic E-state index is 12.6. The number of hydrogen-bond acceptors (Lipinski definition) is 3. The summed E-state index contributed by atoms with van der Waals surface area (Å²) in [6.07, 6.45) is 5.54. The number of unbranched alkanes of at least 4 members (excludes halogenated alkanes) is 2. The van der Waals surface area contributed by atoms with Crippen molar-refractivity contribution in [1.82, 2.24) is 9.62 Å². The summed E-state index contributed by atoms with van der Waals surface area (Å²) >= 11 is 0. The first-order valence-electron chi connectivity index (χ1n) is 7.63. The Hall–Kier alpha value is -0.130. The Morgan fingerprint density at radius 2 is 1.84 bits per heavy atom. The molecule has 0 aromatic rings. The number of nitrogens with one attached hydrogen (secondary N) is 1. The topological polar surface area (TPSA) is 49.4 Å². The van der Waals surface area contributed by atoms with Gasteiger partial charge in [-0.05, 0) is 40.0 Å². The summed E-state index contributed by atoms with van der Waals surface area (Å²) in [7, 11) is -3.18. The third-order valence-electron chi connectivity index (χ3n) is 3.66. The van der Waals surface area contributed by atoms with Gasteiger partial charge in [0.1, 0.15) is 0 Å². The van der Waals surface area contributed by atoms with Crippen molar-refractivity contribution in [3.8, 4) is 0 Å². The molecule has 0 amide bonds. The zero-order chi connectivity index (χ0) is 14.5. The highest BCUT2D eigenvalue weighted by Crippen LogP contribution is 2.20. The van der Waals surface area contributed by atoms with Crippen LogP contribution in [0.15, 0.2) is 0 Å². The molecule has 1 saturated carbocycles. The minimum atomic E-state index is -3.18. The van der Waals surface area contributed by atoms with Crippen LogP contribution < -0.4 is 5.32 Å². The van der Waals surface area contributed by atoms with Gasteiger partial charge in [-0.1, -0.05) is 19.8 Å². The maximum Gasteiger partial charge on any atom is 0.218 e. The van der Waals surface area contributed by atoms with Gasteiger partial charge in [-0.15, -0.1) is 0 Å². The van der Waals surface area contributed by atoms with Gasteiger partial charge < -0.3 is 5.32 Å². The van der Waals surface area contributed by atoms with Crippen LogP contribution in [-0.2, 0) is 10.0 Å². The summed E-state index contributed by atoms with van der Waals surface area (Å²) in [5.74, 6) is 0. The fourth-order valence-corrected chi connectivity index (χ4v) is 3.89. The van der Waals surface area contributed by atoms with E-state index in [0.29, 0.717) is 19.1 Å². The molecule has 0 spiro atoms. The van der Waals surface area contributed by atoms with Gasteiger partial charge in [0.2, 0.25) is 10.0 Å². The van der Waals surface area contributed by atoms with Crippen molar-refractivity contribution >= 4 is 10.0 Å². The van der Waals surface area contributed by atoms with Crippen molar-refractivity contribution in [2.45, 2.75) is 77.1 Å². The largest absolute Gasteiger partial charge is 0.313 e. The molecular formula is C14H30N2O2S. The Balaban J connectivity index is 2.56. The van der Waals surface area contributed by atoms with E-state index in [1.165, 1.54) is 12.8 Å². The normalized spacial score (nSPS) is 18.2. The molecule has 1 aliphatic rings. The van der Waals surface area contributed by atoms with Crippen LogP contribution in [0.3, 0.4) is 0 Å². The third-order valence-corrected chi connectivity index (χ3v) is 6.11. The summed E-state index contributed by atoms with van der Waals surface area (Å²) in [4.78, 5) is 0. The van der Waals surface area contributed by atoms with Gasteiger partial charge in [0.25, 0.3) is 0 Å². The molecule has 0 bridgehead atoms. The SMILES string of the molecule is CCCCCN(C(C)C)S(=O)(=O)C(C)CNC1CC1. The van der Waals surface area contributed by atoms with E-state index in [4.69, 9.17) is 0 Å². The predicted molar refractivity (Wildman–Crippen MR) is 80.8 cm³/mol. The molecular weight excluding hydrogens is 260 g/mol. The predicted octanol–water partition coefficient (Wildman–Crippen LogP) is 2.36. The maximum atomic E-state index is 12.6. The first-order chi connectivity index (χ1) is 8.89. The number of rotatable bonds is 10. The highest BCUT2D eigenvalue weighted by Gasteiger charge is 2.31. The lowest BCUT2D eigenvalue weighted by atomic mass is 10.2. The Morgan fingerprint density at radius 3 is 2.32 bits per heavy atom. The van der Waals surface area contributed by atoms with Crippen LogP contribution in [0.4, 0.5) is 0 Å². The second kappa shape index (κ2) is 7.60. The van der Waals surface area contributed by atoms with Crippen LogP contribution in [-0.4, -0.2) is 43.1 Å². The molecule has 0 aliphatic heterocycles. The van der Waals surface area contributed by atoms with E-state index in [1.54, 1.807) is 4.31 Å². The summed E-state index contributed by atoms with van der Waals surface area (Å²) in [5.41, 5.74) is 0. The van der Waals surface area contributed by atoms with E-state index >= 15 is 0 Å². The quantitative estimate of drug-likeness (QED) is 0.628. The fraction of sp³-hybridized carbons (Fsp3) is 1.00. The zero-order valence-corrected chi connectivity index (χ0v) is 13.7. The Kier molecular flexibility index (Phi) is 6.77. The van der Waals surface area contributed by atoms with E-state index < -0.39 is 10.0 Å². The Morgan fingerprint density at radius 1 is 1.21 bits per heavy atom. The van der Waals surface area contributed by atoms with Crippen LogP contribution >= 0.6 is 0 Å². The van der Waals surface area contributed by atoms with Gasteiger partial charge in [0.15, 0.2) is 0 Å². The van der Waals surface area contributed by atoms with Crippen molar-refractivity contribution in [3.63, 3.8) is 0 Å². The van der Waals surface area contributed by atoms with Crippen molar-refractivity contribution < 1.29 is 8.42 Å². The summed E-state index contributed by atoms with van der Waals surface area (Å²) in [5, 5.41) is 2.98. The Labute approximate surface area is 119 Å². The molecule has 0 saturated heterocycles. The molecule has 0 aromatic carbocycles. The molecule has 114 valence electrons. The van der Waals surface area contributed by atoms with Gasteiger partial charge in [-0.3, -0.25) is 0 Å². The van der Waals surface area contributed by atoms with Gasteiger partial charge >= 0.3 is 0 Å². The van der Waals surface area contributed by atoms with E-state index in [-0.39, 0.29) is 11.3 Å². The van der Waals surface area contributed by atoms with Crippen molar-refractivity contribution in [2.75, 3.05) is 13.1 Å². The van der Waals surface area contributed by atoms with E-state index in [0.717, 1.165) is 19.3 Å². The van der Waals surface area contributed by atoms with Crippen molar-refractivity contribution in [3.05, 3.63) is 0 Å². The lowest BCUT2D eigenvalue weighted by Crippen LogP contribution is -2.45. The minimum Gasteiger partial charge on any atom is -0.313 e. The molecule has 0 aromatic heterocycles. The van der Waals surface area contributed by atoms with Crippen LogP contribution in [0, 0.1) is 0 Å². The monoisotopic (exact) mass is 290 g/mol. The fourth-order valence-electron chi connectivity index (χ4n) is 2.15. The third kappa shape index (κ3) is 5.40. The van der Waals surface area contributed by atoms with Crippen LogP contribution in [0.2, 0.25) is 0 Å². The first kappa shape index (κ1) is 16.9. The first-order valence-corrected chi connectivity index (χ1v) is 9.14. The Bertz CT molecular complexity index is 350. The van der Waals surface area contributed by atoms with Gasteiger partial charge in [-0.2, -0.15) is 4.31 Å². The zero-order valence-electron chi connectivity index (χ0n) is 12.9. The molecule has 19 heavy (non-hydrogen) atoms. The van der Waals surface area contributed by atoms with Gasteiger partial charge in [0.05, 0.1) is 5.25 Å². The van der Waals surface area contributed by atoms with Gasteiger partial charge in [-0.25, -0.2) is 8.42 Å². The van der Waals surface area contributed by atoms with Crippen molar-refractivity contribution in [1.29, 1.82) is 0 Å². The standard InChI is InChI=1S/C14H30N2O2S/c1-5-6-7-10-16(12(2)3)19(17,18)13(4)11-15-14-8-9-14/h12-15H,5-11H2,1-4H3. The summed E-state index contributed by atoms with van der Waals surface area (Å²) in [6.45, 7) is 9.11. The molecule has 0 radical (unpaired) electrons. The van der Waals surface area contributed by atoms with E-state index in [9.17, 15) is 8.42 Å². The minimum absolute atomic E-state index is 0.0465. The molecule has 1 atom stereocenters. The lowest BCUT2D eigenvalue weighted by molar-refractivity contribution is 0.340. The highest BCUT2D eigenvalue weighted by atomic mass is 32.2. The second-order valence-corrected chi connectivity index (χ2v) is 8.25. The van der Waals surface area contributed by atoms with Crippen molar-refractivity contribution in [2.24, 2.45) is 0 Å². The van der Waals surface area contributed by atoms with Crippen LogP contribution in [0.5, 0.6) is 0 Å². The average Bonchev–Trinajstić information content (AvgIpc) is 3.14. The lowest BCUT2D eigenvalue weighted by Gasteiger charge is -2.29. The summed E-state index contributed by atoms with van der Waals surface area (Å²) in [6, 6.07) is 0.607. The number of nitrogens with zero attached hydrogens (tertiary/aromatic N) is 1. The van der Waals surface area contributed by atoms with Crippen LogP contribution in [0.1, 0.15) is 59.8 Å².